The second kappa shape index (κ2) is 8.70. The number of amides is 1. The maximum Gasteiger partial charge on any atom is 0.273 e. The van der Waals surface area contributed by atoms with Crippen LogP contribution in [-0.4, -0.2) is 51.9 Å². The lowest BCUT2D eigenvalue weighted by Crippen LogP contribution is -2.49. The average molecular weight is 442 g/mol. The van der Waals surface area contributed by atoms with Gasteiger partial charge in [0.1, 0.15) is 22.3 Å². The molecule has 1 aromatic carbocycles. The first-order valence-corrected chi connectivity index (χ1v) is 11.3. The smallest absolute Gasteiger partial charge is 0.273 e. The summed E-state index contributed by atoms with van der Waals surface area (Å²) in [6.07, 6.45) is 0. The van der Waals surface area contributed by atoms with Gasteiger partial charge in [-0.1, -0.05) is 37.6 Å². The Morgan fingerprint density at radius 1 is 1.07 bits per heavy atom. The molecule has 0 N–H and O–H groups in total. The van der Waals surface area contributed by atoms with Gasteiger partial charge in [-0.3, -0.25) is 4.79 Å². The SMILES string of the molecule is Cc1cc(N2CCN(C(=O)c3csc(-c4ccc(Cl)cc4)n3)CC2)nc(C(C)C)n1. The van der Waals surface area contributed by atoms with Crippen LogP contribution in [0.4, 0.5) is 5.82 Å². The van der Waals surface area contributed by atoms with E-state index in [-0.39, 0.29) is 11.8 Å². The molecule has 1 fully saturated rings. The van der Waals surface area contributed by atoms with Crippen LogP contribution in [0.25, 0.3) is 10.6 Å². The molecule has 8 heteroatoms. The maximum absolute atomic E-state index is 12.9. The summed E-state index contributed by atoms with van der Waals surface area (Å²) in [6, 6.07) is 9.52. The Labute approximate surface area is 185 Å². The lowest BCUT2D eigenvalue weighted by molar-refractivity contribution is 0.0741. The highest BCUT2D eigenvalue weighted by Crippen LogP contribution is 2.26. The molecule has 1 saturated heterocycles. The second-order valence-electron chi connectivity index (χ2n) is 7.70. The highest BCUT2D eigenvalue weighted by atomic mass is 35.5. The summed E-state index contributed by atoms with van der Waals surface area (Å²) in [6.45, 7) is 8.97. The predicted octanol–water partition coefficient (Wildman–Crippen LogP) is 4.65. The van der Waals surface area contributed by atoms with Crippen molar-refractivity contribution in [2.45, 2.75) is 26.7 Å². The van der Waals surface area contributed by atoms with E-state index in [1.165, 1.54) is 11.3 Å². The van der Waals surface area contributed by atoms with Crippen molar-refractivity contribution < 1.29 is 4.79 Å². The lowest BCUT2D eigenvalue weighted by atomic mass is 10.2. The van der Waals surface area contributed by atoms with Crippen molar-refractivity contribution in [3.05, 3.63) is 57.9 Å². The van der Waals surface area contributed by atoms with Gasteiger partial charge >= 0.3 is 0 Å². The first-order valence-electron chi connectivity index (χ1n) is 10.0. The molecule has 156 valence electrons. The van der Waals surface area contributed by atoms with Crippen molar-refractivity contribution in [2.24, 2.45) is 0 Å². The van der Waals surface area contributed by atoms with E-state index in [4.69, 9.17) is 16.6 Å². The number of hydrogen-bond acceptors (Lipinski definition) is 6. The van der Waals surface area contributed by atoms with E-state index >= 15 is 0 Å². The van der Waals surface area contributed by atoms with Crippen molar-refractivity contribution in [1.29, 1.82) is 0 Å². The van der Waals surface area contributed by atoms with Crippen LogP contribution in [0.1, 0.15) is 41.8 Å². The zero-order valence-corrected chi connectivity index (χ0v) is 18.9. The molecule has 1 aliphatic rings. The van der Waals surface area contributed by atoms with Crippen LogP contribution in [0, 0.1) is 6.92 Å². The normalized spacial score (nSPS) is 14.4. The first kappa shape index (κ1) is 20.8. The molecule has 3 aromatic rings. The van der Waals surface area contributed by atoms with Gasteiger partial charge < -0.3 is 9.80 Å². The van der Waals surface area contributed by atoms with Gasteiger partial charge in [0, 0.05) is 59.8 Å². The van der Waals surface area contributed by atoms with Gasteiger partial charge in [0.25, 0.3) is 5.91 Å². The quantitative estimate of drug-likeness (QED) is 0.589. The second-order valence-corrected chi connectivity index (χ2v) is 9.00. The van der Waals surface area contributed by atoms with Gasteiger partial charge in [0.2, 0.25) is 0 Å². The van der Waals surface area contributed by atoms with E-state index in [9.17, 15) is 4.79 Å². The highest BCUT2D eigenvalue weighted by molar-refractivity contribution is 7.13. The Balaban J connectivity index is 1.42. The molecule has 0 saturated carbocycles. The van der Waals surface area contributed by atoms with E-state index in [2.05, 4.69) is 28.7 Å². The van der Waals surface area contributed by atoms with Crippen LogP contribution in [0.3, 0.4) is 0 Å². The van der Waals surface area contributed by atoms with E-state index in [1.54, 1.807) is 0 Å². The number of benzene rings is 1. The number of thiazole rings is 1. The third kappa shape index (κ3) is 4.47. The highest BCUT2D eigenvalue weighted by Gasteiger charge is 2.25. The number of hydrogen-bond donors (Lipinski definition) is 0. The van der Waals surface area contributed by atoms with Crippen LogP contribution >= 0.6 is 22.9 Å². The number of piperazine rings is 1. The Hall–Kier alpha value is -2.51. The van der Waals surface area contributed by atoms with Crippen molar-refractivity contribution in [3.8, 4) is 10.6 Å². The zero-order chi connectivity index (χ0) is 21.3. The van der Waals surface area contributed by atoms with E-state index in [1.807, 2.05) is 47.5 Å². The third-order valence-electron chi connectivity index (χ3n) is 5.08. The molecule has 1 aliphatic heterocycles. The van der Waals surface area contributed by atoms with Gasteiger partial charge in [-0.15, -0.1) is 11.3 Å². The van der Waals surface area contributed by atoms with Crippen LogP contribution in [0.5, 0.6) is 0 Å². The van der Waals surface area contributed by atoms with E-state index in [0.29, 0.717) is 23.8 Å². The summed E-state index contributed by atoms with van der Waals surface area (Å²) >= 11 is 7.43. The molecule has 0 spiro atoms. The monoisotopic (exact) mass is 441 g/mol. The minimum atomic E-state index is -0.0205. The number of nitrogens with zero attached hydrogens (tertiary/aromatic N) is 5. The Kier molecular flexibility index (Phi) is 6.01. The topological polar surface area (TPSA) is 62.2 Å². The molecule has 0 radical (unpaired) electrons. The van der Waals surface area contributed by atoms with E-state index in [0.717, 1.165) is 41.0 Å². The van der Waals surface area contributed by atoms with Crippen molar-refractivity contribution in [1.82, 2.24) is 19.9 Å². The predicted molar refractivity (Wildman–Crippen MR) is 122 cm³/mol. The molecule has 4 rings (SSSR count). The number of carbonyl (C=O) groups is 1. The number of carbonyl (C=O) groups excluding carboxylic acids is 1. The minimum Gasteiger partial charge on any atom is -0.353 e. The Morgan fingerprint density at radius 2 is 1.77 bits per heavy atom. The molecule has 0 bridgehead atoms. The summed E-state index contributed by atoms with van der Waals surface area (Å²) in [7, 11) is 0. The standard InChI is InChI=1S/C22H24ClN5OS/c1-14(2)20-24-15(3)12-19(26-20)27-8-10-28(11-9-27)22(29)18-13-30-21(25-18)16-4-6-17(23)7-5-16/h4-7,12-14H,8-11H2,1-3H3. The van der Waals surface area contributed by atoms with Gasteiger partial charge in [-0.2, -0.15) is 0 Å². The molecule has 3 heterocycles. The maximum atomic E-state index is 12.9. The number of halogens is 1. The summed E-state index contributed by atoms with van der Waals surface area (Å²) in [5.74, 6) is 2.07. The number of rotatable bonds is 4. The average Bonchev–Trinajstić information content (AvgIpc) is 3.23. The van der Waals surface area contributed by atoms with Crippen molar-refractivity contribution in [2.75, 3.05) is 31.1 Å². The molecule has 6 nitrogen and oxygen atoms in total. The van der Waals surface area contributed by atoms with Crippen molar-refractivity contribution in [3.63, 3.8) is 0 Å². The number of anilines is 1. The largest absolute Gasteiger partial charge is 0.353 e. The molecular formula is C22H24ClN5OS. The van der Waals surface area contributed by atoms with Crippen LogP contribution in [0.2, 0.25) is 5.02 Å². The number of aromatic nitrogens is 3. The molecule has 0 atom stereocenters. The Morgan fingerprint density at radius 3 is 2.43 bits per heavy atom. The molecule has 0 aliphatic carbocycles. The summed E-state index contributed by atoms with van der Waals surface area (Å²) < 4.78 is 0. The van der Waals surface area contributed by atoms with Gasteiger partial charge in [0.15, 0.2) is 0 Å². The summed E-state index contributed by atoms with van der Waals surface area (Å²) in [4.78, 5) is 30.8. The Bertz CT molecular complexity index is 1040. The van der Waals surface area contributed by atoms with Crippen LogP contribution < -0.4 is 4.90 Å². The summed E-state index contributed by atoms with van der Waals surface area (Å²) in [5, 5.41) is 3.34. The van der Waals surface area contributed by atoms with Crippen LogP contribution in [0.15, 0.2) is 35.7 Å². The molecule has 0 unspecified atom stereocenters. The summed E-state index contributed by atoms with van der Waals surface area (Å²) in [5.41, 5.74) is 2.44. The molecule has 1 amide bonds. The minimum absolute atomic E-state index is 0.0205. The fourth-order valence-electron chi connectivity index (χ4n) is 3.39. The van der Waals surface area contributed by atoms with Gasteiger partial charge in [-0.25, -0.2) is 15.0 Å². The fraction of sp³-hybridized carbons (Fsp3) is 0.364. The van der Waals surface area contributed by atoms with Gasteiger partial charge in [0.05, 0.1) is 0 Å². The van der Waals surface area contributed by atoms with Gasteiger partial charge in [-0.05, 0) is 19.1 Å². The first-order chi connectivity index (χ1) is 14.4. The fourth-order valence-corrected chi connectivity index (χ4v) is 4.32. The van der Waals surface area contributed by atoms with Crippen molar-refractivity contribution >= 4 is 34.7 Å². The molecular weight excluding hydrogens is 418 g/mol. The third-order valence-corrected chi connectivity index (χ3v) is 6.22. The lowest BCUT2D eigenvalue weighted by Gasteiger charge is -2.35. The zero-order valence-electron chi connectivity index (χ0n) is 17.3. The molecule has 2 aromatic heterocycles. The molecule has 30 heavy (non-hydrogen) atoms. The van der Waals surface area contributed by atoms with Crippen LogP contribution in [-0.2, 0) is 0 Å². The van der Waals surface area contributed by atoms with E-state index < -0.39 is 0 Å². The number of aryl methyl sites for hydroxylation is 1.